The summed E-state index contributed by atoms with van der Waals surface area (Å²) in [6, 6.07) is 13.4. The van der Waals surface area contributed by atoms with Crippen molar-refractivity contribution in [1.82, 2.24) is 20.1 Å². The summed E-state index contributed by atoms with van der Waals surface area (Å²) in [7, 11) is 0. The van der Waals surface area contributed by atoms with Gasteiger partial charge in [-0.25, -0.2) is 4.98 Å². The second kappa shape index (κ2) is 13.7. The maximum atomic E-state index is 13.8. The van der Waals surface area contributed by atoms with Gasteiger partial charge in [0.15, 0.2) is 0 Å². The molecule has 45 heavy (non-hydrogen) atoms. The maximum absolute atomic E-state index is 13.8. The number of nitrogens with zero attached hydrogens (tertiary/aromatic N) is 3. The first-order valence-electron chi connectivity index (χ1n) is 15.4. The first kappa shape index (κ1) is 32.7. The van der Waals surface area contributed by atoms with Gasteiger partial charge in [0.2, 0.25) is 18.1 Å². The van der Waals surface area contributed by atoms with Crippen molar-refractivity contribution in [3.63, 3.8) is 0 Å². The number of carbonyl (C=O) groups excluding carboxylic acids is 2. The minimum Gasteiger partial charge on any atom is -0.476 e. The fraction of sp³-hybridized carbons (Fsp3) is 0.485. The lowest BCUT2D eigenvalue weighted by atomic mass is 9.93. The van der Waals surface area contributed by atoms with E-state index in [9.17, 15) is 14.7 Å². The third-order valence-corrected chi connectivity index (χ3v) is 9.55. The predicted octanol–water partition coefficient (Wildman–Crippen LogP) is 3.97. The summed E-state index contributed by atoms with van der Waals surface area (Å²) in [4.78, 5) is 35.7. The molecule has 0 bridgehead atoms. The van der Waals surface area contributed by atoms with Gasteiger partial charge < -0.3 is 35.4 Å². The van der Waals surface area contributed by atoms with Crippen molar-refractivity contribution in [2.45, 2.75) is 51.9 Å². The van der Waals surface area contributed by atoms with Gasteiger partial charge in [-0.1, -0.05) is 32.9 Å². The highest BCUT2D eigenvalue weighted by Gasteiger charge is 2.42. The second-order valence-corrected chi connectivity index (χ2v) is 13.9. The molecule has 11 nitrogen and oxygen atoms in total. The Labute approximate surface area is 268 Å². The number of carbonyl (C=O) groups is 2. The number of aliphatic hydroxyl groups excluding tert-OH is 1. The Bertz CT molecular complexity index is 1480. The molecule has 0 aliphatic carbocycles. The first-order chi connectivity index (χ1) is 21.4. The number of morpholine rings is 1. The van der Waals surface area contributed by atoms with Gasteiger partial charge in [0, 0.05) is 61.1 Å². The number of amides is 2. The highest BCUT2D eigenvalue weighted by atomic mass is 32.1. The Hall–Kier alpha value is -3.71. The lowest BCUT2D eigenvalue weighted by molar-refractivity contribution is -0.133. The number of rotatable bonds is 10. The van der Waals surface area contributed by atoms with Gasteiger partial charge in [0.05, 0.1) is 18.8 Å². The van der Waals surface area contributed by atoms with E-state index in [4.69, 9.17) is 9.47 Å². The summed E-state index contributed by atoms with van der Waals surface area (Å²) in [5.41, 5.74) is 1.75. The minimum absolute atomic E-state index is 0.189. The molecule has 0 saturated carbocycles. The number of aliphatic hydroxyl groups is 1. The third-order valence-electron chi connectivity index (χ3n) is 8.06. The van der Waals surface area contributed by atoms with Crippen LogP contribution in [-0.2, 0) is 14.9 Å². The monoisotopic (exact) mass is 636 g/mol. The van der Waals surface area contributed by atoms with Crippen LogP contribution in [0.1, 0.15) is 49.9 Å². The lowest BCUT2D eigenvalue weighted by Crippen LogP contribution is -2.63. The molecule has 2 aliphatic rings. The van der Waals surface area contributed by atoms with Crippen LogP contribution in [-0.4, -0.2) is 96.1 Å². The molecular formula is C33H44N6O5S. The summed E-state index contributed by atoms with van der Waals surface area (Å²) in [5.74, 6) is 0.135. The van der Waals surface area contributed by atoms with Crippen molar-refractivity contribution in [2.24, 2.45) is 0 Å². The van der Waals surface area contributed by atoms with Gasteiger partial charge in [-0.3, -0.25) is 14.5 Å². The molecule has 2 aromatic heterocycles. The first-order valence-corrected chi connectivity index (χ1v) is 16.2. The van der Waals surface area contributed by atoms with E-state index in [1.165, 1.54) is 11.3 Å². The average Bonchev–Trinajstić information content (AvgIpc) is 3.43. The Morgan fingerprint density at radius 3 is 2.62 bits per heavy atom. The minimum atomic E-state index is -1.18. The van der Waals surface area contributed by atoms with E-state index < -0.39 is 11.9 Å². The number of aromatic nitrogens is 1. The largest absolute Gasteiger partial charge is 0.476 e. The van der Waals surface area contributed by atoms with Crippen LogP contribution in [0, 0.1) is 0 Å². The number of nitrogens with one attached hydrogen (secondary N) is 3. The van der Waals surface area contributed by atoms with E-state index in [1.807, 2.05) is 42.5 Å². The van der Waals surface area contributed by atoms with Gasteiger partial charge in [0.1, 0.15) is 17.1 Å². The van der Waals surface area contributed by atoms with Gasteiger partial charge >= 0.3 is 0 Å². The number of hydrogen-bond donors (Lipinski definition) is 4. The molecule has 4 N–H and O–H groups in total. The Morgan fingerprint density at radius 1 is 1.13 bits per heavy atom. The standard InChI is InChI=1S/C33H44N6O5S/c1-32(2,3)26-20-25(29(40)39-12-11-34-30(41)33(39,4)5)28(45-26)37-31(42)36-24-8-6-7-22(19-24)23-9-10-27(35-21-23)44-18-15-38-13-16-43-17-14-38/h6-10,19-21,31,36-37,42H,11-18H2,1-5H3,(H,34,41). The van der Waals surface area contributed by atoms with Crippen LogP contribution in [0.4, 0.5) is 10.7 Å². The molecule has 1 aromatic carbocycles. The van der Waals surface area contributed by atoms with Crippen molar-refractivity contribution in [2.75, 3.05) is 63.2 Å². The quantitative estimate of drug-likeness (QED) is 0.245. The summed E-state index contributed by atoms with van der Waals surface area (Å²) in [5, 5.41) is 20.6. The molecule has 5 rings (SSSR count). The van der Waals surface area contributed by atoms with Gasteiger partial charge in [0.25, 0.3) is 5.91 Å². The van der Waals surface area contributed by atoms with Crippen molar-refractivity contribution in [3.05, 3.63) is 59.1 Å². The van der Waals surface area contributed by atoms with E-state index in [2.05, 4.69) is 46.6 Å². The summed E-state index contributed by atoms with van der Waals surface area (Å²) < 4.78 is 11.2. The number of anilines is 2. The number of benzene rings is 1. The summed E-state index contributed by atoms with van der Waals surface area (Å²) in [6.45, 7) is 15.3. The Kier molecular flexibility index (Phi) is 9.97. The van der Waals surface area contributed by atoms with E-state index in [-0.39, 0.29) is 17.2 Å². The molecule has 4 heterocycles. The zero-order valence-corrected chi connectivity index (χ0v) is 27.5. The Morgan fingerprint density at radius 2 is 1.91 bits per heavy atom. The molecule has 0 radical (unpaired) electrons. The SMILES string of the molecule is CC(C)(C)c1cc(C(=O)N2CCNC(=O)C2(C)C)c(NC(O)Nc2cccc(-c3ccc(OCCN4CCOCC4)nc3)c2)s1. The number of piperazine rings is 1. The van der Waals surface area contributed by atoms with Crippen molar-refractivity contribution >= 4 is 33.8 Å². The molecule has 1 unspecified atom stereocenters. The number of pyridine rings is 1. The highest BCUT2D eigenvalue weighted by molar-refractivity contribution is 7.16. The number of thiophene rings is 1. The van der Waals surface area contributed by atoms with Crippen molar-refractivity contribution in [3.8, 4) is 17.0 Å². The zero-order chi connectivity index (χ0) is 32.2. The summed E-state index contributed by atoms with van der Waals surface area (Å²) in [6.07, 6.45) is 0.592. The molecule has 3 aromatic rings. The van der Waals surface area contributed by atoms with Crippen LogP contribution < -0.4 is 20.7 Å². The smallest absolute Gasteiger partial charge is 0.257 e. The van der Waals surface area contributed by atoms with E-state index in [0.29, 0.717) is 41.8 Å². The fourth-order valence-corrected chi connectivity index (χ4v) is 6.40. The van der Waals surface area contributed by atoms with Crippen LogP contribution in [0.2, 0.25) is 0 Å². The molecule has 2 fully saturated rings. The van der Waals surface area contributed by atoms with Crippen LogP contribution in [0.5, 0.6) is 5.88 Å². The molecule has 2 aliphatic heterocycles. The topological polar surface area (TPSA) is 128 Å². The average molecular weight is 637 g/mol. The molecular weight excluding hydrogens is 592 g/mol. The lowest BCUT2D eigenvalue weighted by Gasteiger charge is -2.41. The van der Waals surface area contributed by atoms with E-state index in [1.54, 1.807) is 24.9 Å². The normalized spacial score (nSPS) is 17.8. The predicted molar refractivity (Wildman–Crippen MR) is 177 cm³/mol. The van der Waals surface area contributed by atoms with Gasteiger partial charge in [-0.15, -0.1) is 11.3 Å². The molecule has 1 atom stereocenters. The van der Waals surface area contributed by atoms with Crippen LogP contribution in [0.25, 0.3) is 11.1 Å². The fourth-order valence-electron chi connectivity index (χ4n) is 5.27. The second-order valence-electron chi connectivity index (χ2n) is 12.8. The Balaban J connectivity index is 1.25. The maximum Gasteiger partial charge on any atom is 0.257 e. The van der Waals surface area contributed by atoms with Gasteiger partial charge in [-0.2, -0.15) is 0 Å². The van der Waals surface area contributed by atoms with Crippen LogP contribution in [0.3, 0.4) is 0 Å². The zero-order valence-electron chi connectivity index (χ0n) is 26.7. The van der Waals surface area contributed by atoms with E-state index in [0.717, 1.165) is 48.9 Å². The van der Waals surface area contributed by atoms with Gasteiger partial charge in [-0.05, 0) is 49.1 Å². The molecule has 2 saturated heterocycles. The third kappa shape index (κ3) is 7.93. The summed E-state index contributed by atoms with van der Waals surface area (Å²) >= 11 is 1.43. The molecule has 12 heteroatoms. The molecule has 2 amide bonds. The number of hydrogen-bond acceptors (Lipinski definition) is 10. The molecule has 242 valence electrons. The number of ether oxygens (including phenoxy) is 2. The van der Waals surface area contributed by atoms with E-state index >= 15 is 0 Å². The van der Waals surface area contributed by atoms with Crippen molar-refractivity contribution < 1.29 is 24.2 Å². The highest BCUT2D eigenvalue weighted by Crippen LogP contribution is 2.38. The van der Waals surface area contributed by atoms with Crippen molar-refractivity contribution in [1.29, 1.82) is 0 Å². The van der Waals surface area contributed by atoms with Crippen LogP contribution >= 0.6 is 11.3 Å². The molecule has 0 spiro atoms. The van der Waals surface area contributed by atoms with Crippen LogP contribution in [0.15, 0.2) is 48.7 Å².